The van der Waals surface area contributed by atoms with Crippen molar-refractivity contribution in [3.8, 4) is 11.1 Å². The fourth-order valence-corrected chi connectivity index (χ4v) is 3.24. The van der Waals surface area contributed by atoms with Gasteiger partial charge in [0.15, 0.2) is 11.5 Å². The summed E-state index contributed by atoms with van der Waals surface area (Å²) in [5, 5.41) is 0. The Labute approximate surface area is 134 Å². The molecule has 1 aliphatic heterocycles. The Morgan fingerprint density at radius 3 is 2.57 bits per heavy atom. The molecule has 23 heavy (non-hydrogen) atoms. The van der Waals surface area contributed by atoms with Crippen LogP contribution >= 0.6 is 0 Å². The summed E-state index contributed by atoms with van der Waals surface area (Å²) in [7, 11) is 1.68. The minimum atomic E-state index is -0.871. The molecule has 1 aromatic heterocycles. The van der Waals surface area contributed by atoms with E-state index in [1.807, 2.05) is 24.3 Å². The third kappa shape index (κ3) is 2.02. The van der Waals surface area contributed by atoms with Crippen LogP contribution < -0.4 is 5.73 Å². The van der Waals surface area contributed by atoms with Crippen molar-refractivity contribution < 1.29 is 4.79 Å². The lowest BCUT2D eigenvalue weighted by Gasteiger charge is -2.25. The second-order valence-corrected chi connectivity index (χ2v) is 6.08. The highest BCUT2D eigenvalue weighted by molar-refractivity contribution is 6.07. The van der Waals surface area contributed by atoms with Gasteiger partial charge in [-0.15, -0.1) is 0 Å². The van der Waals surface area contributed by atoms with Crippen LogP contribution in [-0.2, 0) is 10.3 Å². The molecule has 1 atom stereocenters. The van der Waals surface area contributed by atoms with Gasteiger partial charge in [-0.2, -0.15) is 0 Å². The molecular weight excluding hydrogens is 290 g/mol. The zero-order valence-corrected chi connectivity index (χ0v) is 12.8. The molecule has 2 aromatic rings. The number of likely N-dealkylation sites (N-methyl/N-ethyl adjacent to an activating group) is 1. The predicted molar refractivity (Wildman–Crippen MR) is 86.3 cm³/mol. The Morgan fingerprint density at radius 1 is 1.22 bits per heavy atom. The van der Waals surface area contributed by atoms with Crippen LogP contribution in [0.2, 0.25) is 0 Å². The highest BCUT2D eigenvalue weighted by Gasteiger charge is 2.57. The first-order valence-corrected chi connectivity index (χ1v) is 7.62. The van der Waals surface area contributed by atoms with Gasteiger partial charge in [-0.1, -0.05) is 18.2 Å². The highest BCUT2D eigenvalue weighted by atomic mass is 16.2. The van der Waals surface area contributed by atoms with E-state index in [0.29, 0.717) is 0 Å². The SMILES string of the molecule is CN1C(=O)C(c2cccc(-c3cncnc3)c2)(C2CC2)N=C1N. The maximum absolute atomic E-state index is 12.9. The lowest BCUT2D eigenvalue weighted by molar-refractivity contribution is -0.131. The smallest absolute Gasteiger partial charge is 0.261 e. The number of aliphatic imine (C=N–C) groups is 1. The molecule has 1 aliphatic carbocycles. The molecule has 2 N–H and O–H groups in total. The molecule has 1 aromatic carbocycles. The minimum Gasteiger partial charge on any atom is -0.369 e. The molecule has 2 aliphatic rings. The average Bonchev–Trinajstić information content (AvgIpc) is 3.41. The molecule has 0 bridgehead atoms. The Hall–Kier alpha value is -2.76. The first-order valence-electron chi connectivity index (χ1n) is 7.62. The monoisotopic (exact) mass is 307 g/mol. The highest BCUT2D eigenvalue weighted by Crippen LogP contribution is 2.51. The zero-order chi connectivity index (χ0) is 16.0. The quantitative estimate of drug-likeness (QED) is 0.932. The topological polar surface area (TPSA) is 84.5 Å². The summed E-state index contributed by atoms with van der Waals surface area (Å²) in [6.07, 6.45) is 7.01. The molecule has 116 valence electrons. The molecule has 6 nitrogen and oxygen atoms in total. The minimum absolute atomic E-state index is 0.0426. The van der Waals surface area contributed by atoms with Crippen LogP contribution in [0.25, 0.3) is 11.1 Å². The van der Waals surface area contributed by atoms with Crippen molar-refractivity contribution >= 4 is 11.9 Å². The zero-order valence-electron chi connectivity index (χ0n) is 12.8. The fourth-order valence-electron chi connectivity index (χ4n) is 3.24. The van der Waals surface area contributed by atoms with Crippen LogP contribution in [-0.4, -0.2) is 33.8 Å². The summed E-state index contributed by atoms with van der Waals surface area (Å²) in [4.78, 5) is 27.0. The van der Waals surface area contributed by atoms with Crippen molar-refractivity contribution in [3.63, 3.8) is 0 Å². The van der Waals surface area contributed by atoms with E-state index >= 15 is 0 Å². The van der Waals surface area contributed by atoms with Gasteiger partial charge in [0.1, 0.15) is 6.33 Å². The van der Waals surface area contributed by atoms with Crippen molar-refractivity contribution in [2.45, 2.75) is 18.4 Å². The van der Waals surface area contributed by atoms with Crippen LogP contribution in [0.5, 0.6) is 0 Å². The molecule has 6 heteroatoms. The molecular formula is C17H17N5O. The molecule has 1 unspecified atom stereocenters. The second-order valence-electron chi connectivity index (χ2n) is 6.08. The van der Waals surface area contributed by atoms with Gasteiger partial charge in [-0.05, 0) is 36.0 Å². The summed E-state index contributed by atoms with van der Waals surface area (Å²) >= 11 is 0. The number of hydrogen-bond acceptors (Lipinski definition) is 5. The number of nitrogens with zero attached hydrogens (tertiary/aromatic N) is 4. The van der Waals surface area contributed by atoms with Crippen LogP contribution in [0.1, 0.15) is 18.4 Å². The Balaban J connectivity index is 1.85. The van der Waals surface area contributed by atoms with Crippen molar-refractivity contribution in [1.29, 1.82) is 0 Å². The molecule has 1 amide bonds. The van der Waals surface area contributed by atoms with E-state index in [1.54, 1.807) is 19.4 Å². The number of hydrogen-bond donors (Lipinski definition) is 1. The van der Waals surface area contributed by atoms with Crippen LogP contribution in [0.15, 0.2) is 48.0 Å². The Bertz CT molecular complexity index is 800. The van der Waals surface area contributed by atoms with E-state index in [1.165, 1.54) is 11.2 Å². The number of aromatic nitrogens is 2. The first kappa shape index (κ1) is 13.9. The summed E-state index contributed by atoms with van der Waals surface area (Å²) in [5.74, 6) is 0.468. The van der Waals surface area contributed by atoms with Gasteiger partial charge in [0.05, 0.1) is 0 Å². The van der Waals surface area contributed by atoms with Gasteiger partial charge in [0.25, 0.3) is 5.91 Å². The standard InChI is InChI=1S/C17H17N5O/c1-22-15(23)17(13-5-6-13,21-16(22)18)14-4-2-3-11(7-14)12-8-19-10-20-9-12/h2-4,7-10,13H,5-6H2,1H3,(H2,18,21). The number of benzene rings is 1. The first-order chi connectivity index (χ1) is 11.1. The van der Waals surface area contributed by atoms with Crippen molar-refractivity contribution in [3.05, 3.63) is 48.5 Å². The van der Waals surface area contributed by atoms with Gasteiger partial charge in [-0.3, -0.25) is 9.69 Å². The lowest BCUT2D eigenvalue weighted by Crippen LogP contribution is -2.41. The van der Waals surface area contributed by atoms with E-state index in [-0.39, 0.29) is 17.8 Å². The van der Waals surface area contributed by atoms with Gasteiger partial charge >= 0.3 is 0 Å². The van der Waals surface area contributed by atoms with Gasteiger partial charge in [0.2, 0.25) is 0 Å². The number of rotatable bonds is 3. The number of guanidine groups is 1. The summed E-state index contributed by atoms with van der Waals surface area (Å²) < 4.78 is 0. The molecule has 2 heterocycles. The van der Waals surface area contributed by atoms with Gasteiger partial charge < -0.3 is 5.73 Å². The lowest BCUT2D eigenvalue weighted by atomic mass is 9.84. The van der Waals surface area contributed by atoms with Gasteiger partial charge in [0, 0.05) is 25.0 Å². The predicted octanol–water partition coefficient (Wildman–Crippen LogP) is 1.54. The maximum Gasteiger partial charge on any atom is 0.261 e. The van der Waals surface area contributed by atoms with E-state index in [9.17, 15) is 4.79 Å². The largest absolute Gasteiger partial charge is 0.369 e. The molecule has 0 saturated heterocycles. The number of carbonyl (C=O) groups excluding carboxylic acids is 1. The summed E-state index contributed by atoms with van der Waals surface area (Å²) in [5.41, 5.74) is 7.83. The second kappa shape index (κ2) is 4.87. The van der Waals surface area contributed by atoms with Crippen molar-refractivity contribution in [1.82, 2.24) is 14.9 Å². The van der Waals surface area contributed by atoms with Crippen molar-refractivity contribution in [2.75, 3.05) is 7.05 Å². The molecule has 4 rings (SSSR count). The summed E-state index contributed by atoms with van der Waals surface area (Å²) in [6.45, 7) is 0. The summed E-state index contributed by atoms with van der Waals surface area (Å²) in [6, 6.07) is 7.89. The van der Waals surface area contributed by atoms with E-state index in [4.69, 9.17) is 5.73 Å². The third-order valence-electron chi connectivity index (χ3n) is 4.63. The Kier molecular flexibility index (Phi) is 2.94. The molecule has 1 fully saturated rings. The third-order valence-corrected chi connectivity index (χ3v) is 4.63. The fraction of sp³-hybridized carbons (Fsp3) is 0.294. The molecule has 1 saturated carbocycles. The van der Waals surface area contributed by atoms with E-state index in [0.717, 1.165) is 29.5 Å². The van der Waals surface area contributed by atoms with E-state index in [2.05, 4.69) is 15.0 Å². The molecule has 0 radical (unpaired) electrons. The normalized spacial score (nSPS) is 24.0. The van der Waals surface area contributed by atoms with Crippen molar-refractivity contribution in [2.24, 2.45) is 16.6 Å². The van der Waals surface area contributed by atoms with Crippen LogP contribution in [0, 0.1) is 5.92 Å². The van der Waals surface area contributed by atoms with Crippen LogP contribution in [0.3, 0.4) is 0 Å². The average molecular weight is 307 g/mol. The number of nitrogens with two attached hydrogens (primary N) is 1. The Morgan fingerprint density at radius 2 is 1.96 bits per heavy atom. The maximum atomic E-state index is 12.9. The number of carbonyl (C=O) groups is 1. The van der Waals surface area contributed by atoms with Gasteiger partial charge in [-0.25, -0.2) is 15.0 Å². The number of amides is 1. The van der Waals surface area contributed by atoms with Crippen LogP contribution in [0.4, 0.5) is 0 Å². The molecule has 0 spiro atoms. The van der Waals surface area contributed by atoms with E-state index < -0.39 is 5.54 Å².